The van der Waals surface area contributed by atoms with Crippen molar-refractivity contribution >= 4 is 17.6 Å². The summed E-state index contributed by atoms with van der Waals surface area (Å²) in [4.78, 5) is 11.5. The van der Waals surface area contributed by atoms with E-state index in [1.54, 1.807) is 14.0 Å². The SMILES string of the molecule is CCOC(=O)Cc1cc(CCl)c(C)cc1OC. The summed E-state index contributed by atoms with van der Waals surface area (Å²) in [5, 5.41) is 0. The van der Waals surface area contributed by atoms with Crippen LogP contribution in [-0.2, 0) is 21.8 Å². The topological polar surface area (TPSA) is 35.5 Å². The molecule has 1 rings (SSSR count). The number of hydrogen-bond acceptors (Lipinski definition) is 3. The summed E-state index contributed by atoms with van der Waals surface area (Å²) in [7, 11) is 1.59. The van der Waals surface area contributed by atoms with Gasteiger partial charge in [-0.1, -0.05) is 6.07 Å². The van der Waals surface area contributed by atoms with Gasteiger partial charge >= 0.3 is 5.97 Å². The lowest BCUT2D eigenvalue weighted by atomic mass is 10.0. The minimum absolute atomic E-state index is 0.210. The fourth-order valence-electron chi connectivity index (χ4n) is 1.62. The van der Waals surface area contributed by atoms with Crippen LogP contribution in [0.25, 0.3) is 0 Å². The third kappa shape index (κ3) is 3.63. The van der Waals surface area contributed by atoms with E-state index in [2.05, 4.69) is 0 Å². The molecule has 94 valence electrons. The minimum Gasteiger partial charge on any atom is -0.496 e. The second kappa shape index (κ2) is 6.50. The number of halogens is 1. The first-order valence-electron chi connectivity index (χ1n) is 5.50. The summed E-state index contributed by atoms with van der Waals surface area (Å²) in [5.41, 5.74) is 2.88. The third-order valence-corrected chi connectivity index (χ3v) is 2.81. The predicted molar refractivity (Wildman–Crippen MR) is 67.6 cm³/mol. The molecule has 0 aliphatic rings. The van der Waals surface area contributed by atoms with Crippen molar-refractivity contribution in [3.8, 4) is 5.75 Å². The van der Waals surface area contributed by atoms with Gasteiger partial charge in [-0.05, 0) is 31.0 Å². The number of esters is 1. The van der Waals surface area contributed by atoms with Crippen molar-refractivity contribution < 1.29 is 14.3 Å². The number of rotatable bonds is 5. The number of ether oxygens (including phenoxy) is 2. The molecule has 1 aromatic rings. The predicted octanol–water partition coefficient (Wildman–Crippen LogP) is 2.85. The lowest BCUT2D eigenvalue weighted by molar-refractivity contribution is -0.142. The van der Waals surface area contributed by atoms with Crippen LogP contribution in [0.5, 0.6) is 5.75 Å². The summed E-state index contributed by atoms with van der Waals surface area (Å²) in [5.74, 6) is 0.866. The molecule has 0 fully saturated rings. The van der Waals surface area contributed by atoms with Gasteiger partial charge in [0.2, 0.25) is 0 Å². The Kier molecular flexibility index (Phi) is 5.29. The fourth-order valence-corrected chi connectivity index (χ4v) is 1.90. The van der Waals surface area contributed by atoms with Crippen LogP contribution in [0.1, 0.15) is 23.6 Å². The maximum atomic E-state index is 11.5. The first-order valence-corrected chi connectivity index (χ1v) is 6.03. The van der Waals surface area contributed by atoms with Gasteiger partial charge in [-0.15, -0.1) is 11.6 Å². The van der Waals surface area contributed by atoms with Gasteiger partial charge in [0, 0.05) is 11.4 Å². The number of aryl methyl sites for hydroxylation is 1. The Bertz CT molecular complexity index is 402. The van der Waals surface area contributed by atoms with E-state index in [9.17, 15) is 4.79 Å². The molecule has 0 aliphatic heterocycles. The van der Waals surface area contributed by atoms with Gasteiger partial charge in [0.1, 0.15) is 5.75 Å². The Balaban J connectivity index is 2.99. The van der Waals surface area contributed by atoms with Crippen LogP contribution in [0.4, 0.5) is 0 Å². The largest absolute Gasteiger partial charge is 0.496 e. The minimum atomic E-state index is -0.254. The number of benzene rings is 1. The molecule has 0 heterocycles. The van der Waals surface area contributed by atoms with Gasteiger partial charge in [-0.25, -0.2) is 0 Å². The van der Waals surface area contributed by atoms with Gasteiger partial charge in [-0.2, -0.15) is 0 Å². The summed E-state index contributed by atoms with van der Waals surface area (Å²) in [6.07, 6.45) is 0.210. The maximum absolute atomic E-state index is 11.5. The van der Waals surface area contributed by atoms with Crippen molar-refractivity contribution in [3.05, 3.63) is 28.8 Å². The highest BCUT2D eigenvalue weighted by atomic mass is 35.5. The Hall–Kier alpha value is -1.22. The van der Waals surface area contributed by atoms with E-state index in [4.69, 9.17) is 21.1 Å². The Morgan fingerprint density at radius 3 is 2.59 bits per heavy atom. The van der Waals surface area contributed by atoms with Gasteiger partial charge in [-0.3, -0.25) is 4.79 Å². The van der Waals surface area contributed by atoms with E-state index in [0.29, 0.717) is 18.2 Å². The molecule has 0 aromatic heterocycles. The zero-order chi connectivity index (χ0) is 12.8. The van der Waals surface area contributed by atoms with Crippen LogP contribution >= 0.6 is 11.6 Å². The second-order valence-corrected chi connectivity index (χ2v) is 3.97. The first kappa shape index (κ1) is 13.8. The van der Waals surface area contributed by atoms with Crippen LogP contribution in [0.2, 0.25) is 0 Å². The number of alkyl halides is 1. The Labute approximate surface area is 107 Å². The van der Waals surface area contributed by atoms with Crippen molar-refractivity contribution in [1.29, 1.82) is 0 Å². The molecule has 0 atom stereocenters. The molecular formula is C13H17ClO3. The molecule has 0 saturated heterocycles. The zero-order valence-electron chi connectivity index (χ0n) is 10.4. The quantitative estimate of drug-likeness (QED) is 0.600. The number of methoxy groups -OCH3 is 1. The van der Waals surface area contributed by atoms with Gasteiger partial charge in [0.25, 0.3) is 0 Å². The van der Waals surface area contributed by atoms with Crippen molar-refractivity contribution in [3.63, 3.8) is 0 Å². The average Bonchev–Trinajstić information content (AvgIpc) is 2.31. The molecule has 0 bridgehead atoms. The maximum Gasteiger partial charge on any atom is 0.310 e. The molecule has 4 heteroatoms. The molecular weight excluding hydrogens is 240 g/mol. The van der Waals surface area contributed by atoms with Crippen LogP contribution in [0.3, 0.4) is 0 Å². The zero-order valence-corrected chi connectivity index (χ0v) is 11.1. The van der Waals surface area contributed by atoms with Crippen molar-refractivity contribution in [2.45, 2.75) is 26.1 Å². The molecule has 0 radical (unpaired) electrons. The lowest BCUT2D eigenvalue weighted by Crippen LogP contribution is -2.09. The molecule has 3 nitrogen and oxygen atoms in total. The summed E-state index contributed by atoms with van der Waals surface area (Å²) in [6, 6.07) is 3.80. The molecule has 0 saturated carbocycles. The van der Waals surface area contributed by atoms with Crippen molar-refractivity contribution in [2.24, 2.45) is 0 Å². The standard InChI is InChI=1S/C13H17ClO3/c1-4-17-13(15)7-10-6-11(8-14)9(2)5-12(10)16-3/h5-6H,4,7-8H2,1-3H3. The molecule has 0 aliphatic carbocycles. The highest BCUT2D eigenvalue weighted by Crippen LogP contribution is 2.25. The third-order valence-electron chi connectivity index (χ3n) is 2.52. The van der Waals surface area contributed by atoms with Gasteiger partial charge < -0.3 is 9.47 Å². The van der Waals surface area contributed by atoms with Crippen molar-refractivity contribution in [1.82, 2.24) is 0 Å². The highest BCUT2D eigenvalue weighted by molar-refractivity contribution is 6.17. The van der Waals surface area contributed by atoms with E-state index in [1.807, 2.05) is 19.1 Å². The van der Waals surface area contributed by atoms with E-state index >= 15 is 0 Å². The molecule has 17 heavy (non-hydrogen) atoms. The normalized spacial score (nSPS) is 10.1. The van der Waals surface area contributed by atoms with Crippen LogP contribution in [-0.4, -0.2) is 19.7 Å². The van der Waals surface area contributed by atoms with E-state index < -0.39 is 0 Å². The number of hydrogen-bond donors (Lipinski definition) is 0. The first-order chi connectivity index (χ1) is 8.12. The smallest absolute Gasteiger partial charge is 0.310 e. The van der Waals surface area contributed by atoms with E-state index in [-0.39, 0.29) is 12.4 Å². The molecule has 1 aromatic carbocycles. The second-order valence-electron chi connectivity index (χ2n) is 3.71. The van der Waals surface area contributed by atoms with E-state index in [0.717, 1.165) is 16.7 Å². The van der Waals surface area contributed by atoms with Crippen LogP contribution < -0.4 is 4.74 Å². The summed E-state index contributed by atoms with van der Waals surface area (Å²) < 4.78 is 10.2. The number of carbonyl (C=O) groups excluding carboxylic acids is 1. The fraction of sp³-hybridized carbons (Fsp3) is 0.462. The van der Waals surface area contributed by atoms with E-state index in [1.165, 1.54) is 0 Å². The molecule has 0 unspecified atom stereocenters. The summed E-state index contributed by atoms with van der Waals surface area (Å²) >= 11 is 5.84. The average molecular weight is 257 g/mol. The number of carbonyl (C=O) groups is 1. The Morgan fingerprint density at radius 2 is 2.06 bits per heavy atom. The lowest BCUT2D eigenvalue weighted by Gasteiger charge is -2.12. The highest BCUT2D eigenvalue weighted by Gasteiger charge is 2.12. The summed E-state index contributed by atoms with van der Waals surface area (Å²) in [6.45, 7) is 4.14. The molecule has 0 spiro atoms. The molecule has 0 amide bonds. The van der Waals surface area contributed by atoms with Gasteiger partial charge in [0.15, 0.2) is 0 Å². The van der Waals surface area contributed by atoms with Crippen LogP contribution in [0, 0.1) is 6.92 Å². The van der Waals surface area contributed by atoms with Gasteiger partial charge in [0.05, 0.1) is 20.1 Å². The molecule has 0 N–H and O–H groups in total. The van der Waals surface area contributed by atoms with Crippen LogP contribution in [0.15, 0.2) is 12.1 Å². The monoisotopic (exact) mass is 256 g/mol. The Morgan fingerprint density at radius 1 is 1.35 bits per heavy atom. The van der Waals surface area contributed by atoms with Crippen molar-refractivity contribution in [2.75, 3.05) is 13.7 Å².